The van der Waals surface area contributed by atoms with E-state index in [2.05, 4.69) is 26.2 Å². The number of carbonyl (C=O) groups is 2. The van der Waals surface area contributed by atoms with E-state index in [4.69, 9.17) is 5.11 Å². The molecule has 1 aromatic heterocycles. The smallest absolute Gasteiger partial charge is 0.356 e. The Morgan fingerprint density at radius 1 is 1.43 bits per heavy atom. The number of carboxylic acids is 1. The van der Waals surface area contributed by atoms with Crippen molar-refractivity contribution in [2.45, 2.75) is 13.5 Å². The van der Waals surface area contributed by atoms with Gasteiger partial charge in [-0.25, -0.2) is 9.78 Å². The lowest BCUT2D eigenvalue weighted by atomic mass is 10.1. The maximum absolute atomic E-state index is 12.0. The van der Waals surface area contributed by atoms with Crippen molar-refractivity contribution in [3.8, 4) is 0 Å². The van der Waals surface area contributed by atoms with Crippen molar-refractivity contribution in [2.75, 3.05) is 6.54 Å². The average Bonchev–Trinajstić information content (AvgIpc) is 2.91. The highest BCUT2D eigenvalue weighted by Crippen LogP contribution is 2.17. The van der Waals surface area contributed by atoms with Crippen LogP contribution in [-0.2, 0) is 6.54 Å². The van der Waals surface area contributed by atoms with Crippen LogP contribution in [0.3, 0.4) is 0 Å². The monoisotopic (exact) mass is 351 g/mol. The molecule has 110 valence electrons. The Balaban J connectivity index is 1.88. The standard InChI is InChI=1S/C14H14BrN3O3/c1-9-2-3-10(6-11(9)15)13(19)16-4-5-18-7-12(14(20)21)17-8-18/h2-3,6-8H,4-5H2,1H3,(H,16,19)(H,20,21). The Hall–Kier alpha value is -2.15. The van der Waals surface area contributed by atoms with Gasteiger partial charge < -0.3 is 15.0 Å². The van der Waals surface area contributed by atoms with Crippen LogP contribution in [-0.4, -0.2) is 33.1 Å². The quantitative estimate of drug-likeness (QED) is 0.863. The largest absolute Gasteiger partial charge is 0.476 e. The van der Waals surface area contributed by atoms with Gasteiger partial charge in [0.2, 0.25) is 0 Å². The summed E-state index contributed by atoms with van der Waals surface area (Å²) >= 11 is 3.39. The van der Waals surface area contributed by atoms with E-state index in [1.807, 2.05) is 13.0 Å². The van der Waals surface area contributed by atoms with Crippen molar-refractivity contribution >= 4 is 27.8 Å². The van der Waals surface area contributed by atoms with Gasteiger partial charge in [0.05, 0.1) is 6.33 Å². The van der Waals surface area contributed by atoms with Gasteiger partial charge in [-0.05, 0) is 24.6 Å². The molecule has 0 fully saturated rings. The van der Waals surface area contributed by atoms with Crippen molar-refractivity contribution in [1.29, 1.82) is 0 Å². The minimum absolute atomic E-state index is 0.0104. The SMILES string of the molecule is Cc1ccc(C(=O)NCCn2cnc(C(=O)O)c2)cc1Br. The number of aromatic nitrogens is 2. The molecular formula is C14H14BrN3O3. The van der Waals surface area contributed by atoms with Gasteiger partial charge in [0, 0.05) is 29.3 Å². The molecule has 0 aliphatic carbocycles. The van der Waals surface area contributed by atoms with Crippen molar-refractivity contribution in [2.24, 2.45) is 0 Å². The first-order valence-corrected chi connectivity index (χ1v) is 7.06. The van der Waals surface area contributed by atoms with Crippen LogP contribution in [0.15, 0.2) is 35.2 Å². The second-order valence-electron chi connectivity index (χ2n) is 4.52. The van der Waals surface area contributed by atoms with Crippen molar-refractivity contribution in [1.82, 2.24) is 14.9 Å². The number of hydrogen-bond acceptors (Lipinski definition) is 3. The highest BCUT2D eigenvalue weighted by atomic mass is 79.9. The summed E-state index contributed by atoms with van der Waals surface area (Å²) in [4.78, 5) is 26.4. The third-order valence-corrected chi connectivity index (χ3v) is 3.80. The Kier molecular flexibility index (Phi) is 4.74. The van der Waals surface area contributed by atoms with Gasteiger partial charge >= 0.3 is 5.97 Å². The number of amides is 1. The number of carboxylic acid groups (broad SMARTS) is 1. The van der Waals surface area contributed by atoms with E-state index >= 15 is 0 Å². The molecular weight excluding hydrogens is 338 g/mol. The molecule has 6 nitrogen and oxygen atoms in total. The van der Waals surface area contributed by atoms with E-state index in [1.165, 1.54) is 12.5 Å². The fourth-order valence-electron chi connectivity index (χ4n) is 1.73. The molecule has 0 aliphatic rings. The summed E-state index contributed by atoms with van der Waals surface area (Å²) in [6.45, 7) is 2.80. The number of carbonyl (C=O) groups excluding carboxylic acids is 1. The minimum atomic E-state index is -1.07. The van der Waals surface area contributed by atoms with Crippen LogP contribution in [0.25, 0.3) is 0 Å². The van der Waals surface area contributed by atoms with Crippen LogP contribution in [0.2, 0.25) is 0 Å². The summed E-state index contributed by atoms with van der Waals surface area (Å²) in [5.74, 6) is -1.24. The summed E-state index contributed by atoms with van der Waals surface area (Å²) in [5.41, 5.74) is 1.62. The molecule has 1 aromatic carbocycles. The van der Waals surface area contributed by atoms with Crippen molar-refractivity contribution in [3.05, 3.63) is 52.0 Å². The molecule has 0 saturated carbocycles. The van der Waals surface area contributed by atoms with E-state index in [-0.39, 0.29) is 11.6 Å². The average molecular weight is 352 g/mol. The van der Waals surface area contributed by atoms with Gasteiger partial charge in [-0.15, -0.1) is 0 Å². The lowest BCUT2D eigenvalue weighted by Crippen LogP contribution is -2.27. The molecule has 0 atom stereocenters. The van der Waals surface area contributed by atoms with Crippen molar-refractivity contribution in [3.63, 3.8) is 0 Å². The summed E-state index contributed by atoms with van der Waals surface area (Å²) in [6.07, 6.45) is 2.86. The number of hydrogen-bond donors (Lipinski definition) is 2. The highest BCUT2D eigenvalue weighted by Gasteiger charge is 2.08. The van der Waals surface area contributed by atoms with Gasteiger partial charge in [0.25, 0.3) is 5.91 Å². The zero-order valence-corrected chi connectivity index (χ0v) is 12.9. The maximum atomic E-state index is 12.0. The zero-order chi connectivity index (χ0) is 15.4. The molecule has 0 spiro atoms. The second kappa shape index (κ2) is 6.53. The van der Waals surface area contributed by atoms with Crippen LogP contribution < -0.4 is 5.32 Å². The Morgan fingerprint density at radius 3 is 2.81 bits per heavy atom. The maximum Gasteiger partial charge on any atom is 0.356 e. The topological polar surface area (TPSA) is 84.2 Å². The van der Waals surface area contributed by atoms with Gasteiger partial charge in [-0.1, -0.05) is 22.0 Å². The zero-order valence-electron chi connectivity index (χ0n) is 11.3. The fourth-order valence-corrected chi connectivity index (χ4v) is 2.11. The van der Waals surface area contributed by atoms with Crippen LogP contribution >= 0.6 is 15.9 Å². The minimum Gasteiger partial charge on any atom is -0.476 e. The molecule has 0 radical (unpaired) electrons. The summed E-state index contributed by atoms with van der Waals surface area (Å²) in [7, 11) is 0. The van der Waals surface area contributed by atoms with E-state index in [0.29, 0.717) is 18.7 Å². The van der Waals surface area contributed by atoms with Gasteiger partial charge in [-0.3, -0.25) is 4.79 Å². The lowest BCUT2D eigenvalue weighted by molar-refractivity contribution is 0.0690. The number of aryl methyl sites for hydroxylation is 1. The predicted molar refractivity (Wildman–Crippen MR) is 80.4 cm³/mol. The van der Waals surface area contributed by atoms with E-state index in [0.717, 1.165) is 10.0 Å². The number of halogens is 1. The predicted octanol–water partition coefficient (Wildman–Crippen LogP) is 2.08. The summed E-state index contributed by atoms with van der Waals surface area (Å²) in [6, 6.07) is 5.40. The van der Waals surface area contributed by atoms with Crippen molar-refractivity contribution < 1.29 is 14.7 Å². The molecule has 2 N–H and O–H groups in total. The molecule has 1 amide bonds. The Bertz CT molecular complexity index is 682. The number of aromatic carboxylic acids is 1. The highest BCUT2D eigenvalue weighted by molar-refractivity contribution is 9.10. The number of rotatable bonds is 5. The van der Waals surface area contributed by atoms with E-state index < -0.39 is 5.97 Å². The number of nitrogens with one attached hydrogen (secondary N) is 1. The third kappa shape index (κ3) is 3.91. The van der Waals surface area contributed by atoms with Crippen LogP contribution in [0.5, 0.6) is 0 Å². The Labute approximate surface area is 129 Å². The van der Waals surface area contributed by atoms with Gasteiger partial charge in [0.15, 0.2) is 5.69 Å². The molecule has 2 rings (SSSR count). The molecule has 0 saturated heterocycles. The second-order valence-corrected chi connectivity index (χ2v) is 5.38. The molecule has 1 heterocycles. The Morgan fingerprint density at radius 2 is 2.19 bits per heavy atom. The summed E-state index contributed by atoms with van der Waals surface area (Å²) < 4.78 is 2.50. The third-order valence-electron chi connectivity index (χ3n) is 2.94. The number of nitrogens with zero attached hydrogens (tertiary/aromatic N) is 2. The summed E-state index contributed by atoms with van der Waals surface area (Å²) in [5, 5.41) is 11.5. The number of benzene rings is 1. The molecule has 2 aromatic rings. The van der Waals surface area contributed by atoms with Crippen LogP contribution in [0.1, 0.15) is 26.4 Å². The first-order chi connectivity index (χ1) is 9.97. The normalized spacial score (nSPS) is 10.4. The van der Waals surface area contributed by atoms with E-state index in [1.54, 1.807) is 16.7 Å². The lowest BCUT2D eigenvalue weighted by Gasteiger charge is -2.07. The van der Waals surface area contributed by atoms with E-state index in [9.17, 15) is 9.59 Å². The molecule has 0 bridgehead atoms. The van der Waals surface area contributed by atoms with Gasteiger partial charge in [0.1, 0.15) is 0 Å². The number of imidazole rings is 1. The molecule has 0 unspecified atom stereocenters. The van der Waals surface area contributed by atoms with Gasteiger partial charge in [-0.2, -0.15) is 0 Å². The fraction of sp³-hybridized carbons (Fsp3) is 0.214. The molecule has 0 aliphatic heterocycles. The molecule has 7 heteroatoms. The first kappa shape index (κ1) is 15.2. The van der Waals surface area contributed by atoms with Crippen LogP contribution in [0.4, 0.5) is 0 Å². The van der Waals surface area contributed by atoms with Crippen LogP contribution in [0, 0.1) is 6.92 Å². The first-order valence-electron chi connectivity index (χ1n) is 6.27. The molecule has 21 heavy (non-hydrogen) atoms.